The molecule has 28 heavy (non-hydrogen) atoms. The minimum atomic E-state index is -0.277. The lowest BCUT2D eigenvalue weighted by molar-refractivity contribution is 0.0967. The number of carbonyl (C=O) groups excluding carboxylic acids is 2. The first kappa shape index (κ1) is 20.6. The van der Waals surface area contributed by atoms with Gasteiger partial charge in [-0.3, -0.25) is 9.59 Å². The molecular formula is C22H23BrO5. The molecule has 148 valence electrons. The molecule has 0 unspecified atom stereocenters. The third kappa shape index (κ3) is 3.59. The number of methoxy groups -OCH3 is 1. The van der Waals surface area contributed by atoms with Crippen molar-refractivity contribution in [1.29, 1.82) is 0 Å². The Bertz CT molecular complexity index is 946. The molecule has 1 aliphatic carbocycles. The summed E-state index contributed by atoms with van der Waals surface area (Å²) in [6.45, 7) is 7.79. The number of fused-ring (bicyclic) bond motifs is 2. The van der Waals surface area contributed by atoms with Crippen molar-refractivity contribution in [3.63, 3.8) is 0 Å². The van der Waals surface area contributed by atoms with Gasteiger partial charge in [0.25, 0.3) is 0 Å². The first-order valence-electron chi connectivity index (χ1n) is 9.16. The van der Waals surface area contributed by atoms with Crippen molar-refractivity contribution in [2.75, 3.05) is 7.11 Å². The van der Waals surface area contributed by atoms with E-state index in [-0.39, 0.29) is 41.5 Å². The standard InChI is InChI=1S/C22H23BrO5/c1-11(2)27-16-8-6-7-14-17(16)21(25)18-15(20(14)24)9-13(10-26-5)19(23)22(18)28-12(3)4/h6-9,11-12H,10H2,1-5H3. The molecule has 0 radical (unpaired) electrons. The number of hydrogen-bond donors (Lipinski definition) is 0. The van der Waals surface area contributed by atoms with Crippen molar-refractivity contribution in [2.24, 2.45) is 0 Å². The van der Waals surface area contributed by atoms with E-state index < -0.39 is 0 Å². The lowest BCUT2D eigenvalue weighted by atomic mass is 9.82. The second kappa shape index (κ2) is 8.05. The van der Waals surface area contributed by atoms with E-state index in [2.05, 4.69) is 15.9 Å². The Morgan fingerprint density at radius 1 is 0.929 bits per heavy atom. The van der Waals surface area contributed by atoms with Crippen LogP contribution in [0.1, 0.15) is 65.1 Å². The van der Waals surface area contributed by atoms with E-state index in [0.717, 1.165) is 5.56 Å². The number of halogens is 1. The first-order valence-corrected chi connectivity index (χ1v) is 9.95. The van der Waals surface area contributed by atoms with Crippen LogP contribution in [0, 0.1) is 0 Å². The van der Waals surface area contributed by atoms with Gasteiger partial charge in [0.2, 0.25) is 5.78 Å². The highest BCUT2D eigenvalue weighted by molar-refractivity contribution is 9.10. The predicted molar refractivity (Wildman–Crippen MR) is 110 cm³/mol. The molecule has 0 N–H and O–H groups in total. The molecule has 1 aliphatic rings. The number of rotatable bonds is 6. The zero-order valence-corrected chi connectivity index (χ0v) is 18.2. The van der Waals surface area contributed by atoms with Gasteiger partial charge in [0.05, 0.1) is 34.4 Å². The van der Waals surface area contributed by atoms with Crippen LogP contribution >= 0.6 is 15.9 Å². The highest BCUT2D eigenvalue weighted by Gasteiger charge is 2.37. The Kier molecular flexibility index (Phi) is 5.91. The summed E-state index contributed by atoms with van der Waals surface area (Å²) in [6.07, 6.45) is -0.303. The topological polar surface area (TPSA) is 61.8 Å². The van der Waals surface area contributed by atoms with Gasteiger partial charge >= 0.3 is 0 Å². The minimum absolute atomic E-state index is 0.127. The third-order valence-electron chi connectivity index (χ3n) is 4.28. The smallest absolute Gasteiger partial charge is 0.202 e. The van der Waals surface area contributed by atoms with Crippen LogP contribution in [0.2, 0.25) is 0 Å². The van der Waals surface area contributed by atoms with Crippen LogP contribution in [-0.2, 0) is 11.3 Å². The van der Waals surface area contributed by atoms with Crippen molar-refractivity contribution in [3.8, 4) is 11.5 Å². The summed E-state index contributed by atoms with van der Waals surface area (Å²) in [5.74, 6) is 0.269. The second-order valence-corrected chi connectivity index (χ2v) is 8.00. The van der Waals surface area contributed by atoms with Gasteiger partial charge in [0.1, 0.15) is 11.5 Å². The van der Waals surface area contributed by atoms with Gasteiger partial charge in [-0.2, -0.15) is 0 Å². The average Bonchev–Trinajstić information content (AvgIpc) is 2.62. The van der Waals surface area contributed by atoms with Crippen molar-refractivity contribution in [3.05, 3.63) is 56.6 Å². The zero-order valence-electron chi connectivity index (χ0n) is 16.6. The van der Waals surface area contributed by atoms with E-state index in [1.807, 2.05) is 27.7 Å². The summed E-state index contributed by atoms with van der Waals surface area (Å²) >= 11 is 3.54. The van der Waals surface area contributed by atoms with Crippen molar-refractivity contribution >= 4 is 27.5 Å². The van der Waals surface area contributed by atoms with E-state index >= 15 is 0 Å². The molecule has 0 saturated heterocycles. The Labute approximate surface area is 173 Å². The molecule has 0 amide bonds. The van der Waals surface area contributed by atoms with Gasteiger partial charge in [0, 0.05) is 18.2 Å². The molecule has 2 aromatic rings. The highest BCUT2D eigenvalue weighted by Crippen LogP contribution is 2.43. The Morgan fingerprint density at radius 3 is 2.21 bits per heavy atom. The van der Waals surface area contributed by atoms with Gasteiger partial charge in [-0.25, -0.2) is 0 Å². The molecule has 0 heterocycles. The van der Waals surface area contributed by atoms with Crippen LogP contribution in [-0.4, -0.2) is 30.9 Å². The summed E-state index contributed by atoms with van der Waals surface area (Å²) in [5.41, 5.74) is 1.96. The van der Waals surface area contributed by atoms with Crippen molar-refractivity contribution in [2.45, 2.75) is 46.5 Å². The predicted octanol–water partition coefficient (Wildman–Crippen LogP) is 4.95. The molecule has 0 spiro atoms. The molecule has 0 atom stereocenters. The van der Waals surface area contributed by atoms with Crippen LogP contribution < -0.4 is 9.47 Å². The quantitative estimate of drug-likeness (QED) is 0.536. The third-order valence-corrected chi connectivity index (χ3v) is 5.15. The molecule has 0 bridgehead atoms. The van der Waals surface area contributed by atoms with Crippen LogP contribution in [0.3, 0.4) is 0 Å². The maximum absolute atomic E-state index is 13.5. The molecule has 0 fully saturated rings. The minimum Gasteiger partial charge on any atom is -0.490 e. The molecule has 5 nitrogen and oxygen atoms in total. The molecule has 6 heteroatoms. The average molecular weight is 447 g/mol. The Hall–Kier alpha value is -2.18. The highest BCUT2D eigenvalue weighted by atomic mass is 79.9. The summed E-state index contributed by atoms with van der Waals surface area (Å²) < 4.78 is 17.7. The fourth-order valence-electron chi connectivity index (χ4n) is 3.28. The number of carbonyl (C=O) groups is 2. The summed E-state index contributed by atoms with van der Waals surface area (Å²) in [5, 5.41) is 0. The molecule has 0 aliphatic heterocycles. The summed E-state index contributed by atoms with van der Waals surface area (Å²) in [7, 11) is 1.58. The fraction of sp³-hybridized carbons (Fsp3) is 0.364. The number of ketones is 2. The SMILES string of the molecule is COCc1cc2c(c(OC(C)C)c1Br)C(=O)c1c(OC(C)C)cccc1C2=O. The van der Waals surface area contributed by atoms with E-state index in [1.54, 1.807) is 31.4 Å². The molecular weight excluding hydrogens is 424 g/mol. The van der Waals surface area contributed by atoms with Crippen molar-refractivity contribution in [1.82, 2.24) is 0 Å². The van der Waals surface area contributed by atoms with Crippen LogP contribution in [0.15, 0.2) is 28.7 Å². The monoisotopic (exact) mass is 446 g/mol. The van der Waals surface area contributed by atoms with Gasteiger partial charge < -0.3 is 14.2 Å². The van der Waals surface area contributed by atoms with E-state index in [9.17, 15) is 9.59 Å². The zero-order chi connectivity index (χ0) is 20.6. The van der Waals surface area contributed by atoms with Gasteiger partial charge in [-0.15, -0.1) is 0 Å². The Morgan fingerprint density at radius 2 is 1.61 bits per heavy atom. The van der Waals surface area contributed by atoms with Crippen LogP contribution in [0.25, 0.3) is 0 Å². The van der Waals surface area contributed by atoms with Crippen LogP contribution in [0.4, 0.5) is 0 Å². The lowest BCUT2D eigenvalue weighted by Crippen LogP contribution is -2.25. The molecule has 2 aromatic carbocycles. The van der Waals surface area contributed by atoms with Gasteiger partial charge in [-0.05, 0) is 61.3 Å². The number of hydrogen-bond acceptors (Lipinski definition) is 5. The summed E-state index contributed by atoms with van der Waals surface area (Å²) in [4.78, 5) is 26.8. The molecule has 0 aromatic heterocycles. The largest absolute Gasteiger partial charge is 0.490 e. The normalized spacial score (nSPS) is 13.0. The van der Waals surface area contributed by atoms with E-state index in [1.165, 1.54) is 0 Å². The second-order valence-electron chi connectivity index (χ2n) is 7.20. The fourth-order valence-corrected chi connectivity index (χ4v) is 3.80. The van der Waals surface area contributed by atoms with Crippen molar-refractivity contribution < 1.29 is 23.8 Å². The maximum atomic E-state index is 13.5. The first-order chi connectivity index (χ1) is 13.3. The number of benzene rings is 2. The van der Waals surface area contributed by atoms with Crippen LogP contribution in [0.5, 0.6) is 11.5 Å². The molecule has 3 rings (SSSR count). The Balaban J connectivity index is 2.29. The van der Waals surface area contributed by atoms with Gasteiger partial charge in [-0.1, -0.05) is 12.1 Å². The summed E-state index contributed by atoms with van der Waals surface area (Å²) in [6, 6.07) is 6.81. The van der Waals surface area contributed by atoms with E-state index in [0.29, 0.717) is 27.1 Å². The lowest BCUT2D eigenvalue weighted by Gasteiger charge is -2.25. The molecule has 0 saturated carbocycles. The van der Waals surface area contributed by atoms with Gasteiger partial charge in [0.15, 0.2) is 5.78 Å². The van der Waals surface area contributed by atoms with E-state index in [4.69, 9.17) is 14.2 Å². The number of ether oxygens (including phenoxy) is 3. The maximum Gasteiger partial charge on any atom is 0.202 e.